The van der Waals surface area contributed by atoms with Gasteiger partial charge in [-0.3, -0.25) is 9.59 Å². The van der Waals surface area contributed by atoms with E-state index in [1.807, 2.05) is 75.0 Å². The second-order valence-corrected chi connectivity index (χ2v) is 9.90. The van der Waals surface area contributed by atoms with Gasteiger partial charge in [-0.25, -0.2) is 4.98 Å². The Morgan fingerprint density at radius 2 is 2.00 bits per heavy atom. The van der Waals surface area contributed by atoms with E-state index in [2.05, 4.69) is 4.98 Å². The van der Waals surface area contributed by atoms with Gasteiger partial charge in [0.2, 0.25) is 0 Å². The van der Waals surface area contributed by atoms with Gasteiger partial charge in [0.05, 0.1) is 23.0 Å². The third-order valence-corrected chi connectivity index (χ3v) is 6.11. The first-order valence-electron chi connectivity index (χ1n) is 10.2. The topological polar surface area (TPSA) is 61.2 Å². The second-order valence-electron chi connectivity index (χ2n) is 8.79. The molecule has 0 saturated heterocycles. The molecule has 0 fully saturated rings. The molecule has 1 aliphatic rings. The molecule has 0 spiro atoms. The molecular weight excluding hydrogens is 396 g/mol. The maximum Gasteiger partial charge on any atom is 0.179 e. The summed E-state index contributed by atoms with van der Waals surface area (Å²) in [6, 6.07) is 9.53. The van der Waals surface area contributed by atoms with E-state index >= 15 is 0 Å². The van der Waals surface area contributed by atoms with Crippen LogP contribution in [0, 0.1) is 6.92 Å². The Morgan fingerprint density at radius 1 is 1.27 bits per heavy atom. The first-order valence-corrected chi connectivity index (χ1v) is 11.0. The normalized spacial score (nSPS) is 16.4. The number of carbonyl (C=O) groups excluding carboxylic acids is 2. The van der Waals surface area contributed by atoms with Crippen LogP contribution in [0.5, 0.6) is 5.75 Å². The number of nitrogens with zero attached hydrogens (tertiary/aromatic N) is 2. The molecule has 6 heteroatoms. The SMILES string of the molecule is Cc1cc2n(c1)C(C(=O)Cc1ncc(-c3ccc(OC(C)(C)C)cc3)s1)CCC2=O. The lowest BCUT2D eigenvalue weighted by Crippen LogP contribution is -2.28. The van der Waals surface area contributed by atoms with Crippen molar-refractivity contribution in [3.63, 3.8) is 0 Å². The van der Waals surface area contributed by atoms with E-state index in [0.29, 0.717) is 18.5 Å². The first-order chi connectivity index (χ1) is 14.2. The molecule has 156 valence electrons. The minimum atomic E-state index is -0.285. The molecule has 3 heterocycles. The molecule has 3 aromatic rings. The van der Waals surface area contributed by atoms with Gasteiger partial charge in [-0.05, 0) is 75.6 Å². The van der Waals surface area contributed by atoms with Crippen LogP contribution < -0.4 is 4.74 Å². The Labute approximate surface area is 180 Å². The highest BCUT2D eigenvalue weighted by atomic mass is 32.1. The number of fused-ring (bicyclic) bond motifs is 1. The highest BCUT2D eigenvalue weighted by Crippen LogP contribution is 2.32. The van der Waals surface area contributed by atoms with Crippen molar-refractivity contribution < 1.29 is 14.3 Å². The number of ether oxygens (including phenoxy) is 1. The summed E-state index contributed by atoms with van der Waals surface area (Å²) in [4.78, 5) is 30.6. The number of thiazole rings is 1. The Hall–Kier alpha value is -2.73. The zero-order valence-electron chi connectivity index (χ0n) is 17.8. The largest absolute Gasteiger partial charge is 0.488 e. The van der Waals surface area contributed by atoms with Crippen LogP contribution in [0.3, 0.4) is 0 Å². The van der Waals surface area contributed by atoms with E-state index in [1.165, 1.54) is 11.3 Å². The summed E-state index contributed by atoms with van der Waals surface area (Å²) in [5, 5.41) is 0.798. The molecular formula is C24H26N2O3S. The maximum absolute atomic E-state index is 13.0. The molecule has 1 aliphatic heterocycles. The van der Waals surface area contributed by atoms with Gasteiger partial charge >= 0.3 is 0 Å². The van der Waals surface area contributed by atoms with Crippen LogP contribution in [0.15, 0.2) is 42.7 Å². The van der Waals surface area contributed by atoms with Gasteiger partial charge in [0.15, 0.2) is 11.6 Å². The van der Waals surface area contributed by atoms with Crippen molar-refractivity contribution in [3.8, 4) is 16.2 Å². The van der Waals surface area contributed by atoms with Crippen LogP contribution in [-0.4, -0.2) is 26.7 Å². The molecule has 2 aromatic heterocycles. The van der Waals surface area contributed by atoms with Crippen molar-refractivity contribution in [2.45, 2.75) is 58.6 Å². The second kappa shape index (κ2) is 7.84. The Morgan fingerprint density at radius 3 is 2.70 bits per heavy atom. The first kappa shape index (κ1) is 20.5. The zero-order chi connectivity index (χ0) is 21.5. The zero-order valence-corrected chi connectivity index (χ0v) is 18.6. The molecule has 0 bridgehead atoms. The molecule has 0 N–H and O–H groups in total. The van der Waals surface area contributed by atoms with Crippen molar-refractivity contribution in [1.29, 1.82) is 0 Å². The van der Waals surface area contributed by atoms with E-state index in [1.54, 1.807) is 0 Å². The van der Waals surface area contributed by atoms with Crippen LogP contribution >= 0.6 is 11.3 Å². The van der Waals surface area contributed by atoms with E-state index in [4.69, 9.17) is 4.74 Å². The standard InChI is InChI=1S/C24H26N2O3S/c1-15-11-19-20(27)10-9-18(26(19)14-15)21(28)12-23-25-13-22(30-23)16-5-7-17(8-6-16)29-24(2,3)4/h5-8,11,13-14,18H,9-10,12H2,1-4H3. The summed E-state index contributed by atoms with van der Waals surface area (Å²) in [5.41, 5.74) is 2.48. The van der Waals surface area contributed by atoms with Crippen LogP contribution in [-0.2, 0) is 11.2 Å². The van der Waals surface area contributed by atoms with Crippen LogP contribution in [0.4, 0.5) is 0 Å². The average molecular weight is 423 g/mol. The number of Topliss-reactive ketones (excluding diaryl/α,β-unsaturated/α-hetero) is 2. The fraction of sp³-hybridized carbons (Fsp3) is 0.375. The van der Waals surface area contributed by atoms with Gasteiger partial charge in [-0.1, -0.05) is 0 Å². The number of ketones is 2. The van der Waals surface area contributed by atoms with Gasteiger partial charge in [-0.15, -0.1) is 11.3 Å². The molecule has 30 heavy (non-hydrogen) atoms. The Bertz CT molecular complexity index is 1090. The maximum atomic E-state index is 13.0. The Balaban J connectivity index is 1.47. The van der Waals surface area contributed by atoms with Crippen molar-refractivity contribution in [3.05, 3.63) is 59.0 Å². The number of aromatic nitrogens is 2. The third kappa shape index (κ3) is 4.38. The average Bonchev–Trinajstić information content (AvgIpc) is 3.28. The van der Waals surface area contributed by atoms with Gasteiger partial charge < -0.3 is 9.30 Å². The van der Waals surface area contributed by atoms with Crippen molar-refractivity contribution in [1.82, 2.24) is 9.55 Å². The molecule has 0 saturated carbocycles. The summed E-state index contributed by atoms with van der Waals surface area (Å²) in [5.74, 6) is 1.05. The molecule has 0 amide bonds. The predicted octanol–water partition coefficient (Wildman–Crippen LogP) is 5.43. The van der Waals surface area contributed by atoms with Crippen molar-refractivity contribution in [2.75, 3.05) is 0 Å². The summed E-state index contributed by atoms with van der Waals surface area (Å²) in [6.45, 7) is 8.01. The van der Waals surface area contributed by atoms with Crippen LogP contribution in [0.1, 0.15) is 60.7 Å². The minimum absolute atomic E-state index is 0.106. The molecule has 4 rings (SSSR count). The van der Waals surface area contributed by atoms with E-state index in [9.17, 15) is 9.59 Å². The van der Waals surface area contributed by atoms with E-state index in [-0.39, 0.29) is 29.6 Å². The number of carbonyl (C=O) groups is 2. The van der Waals surface area contributed by atoms with E-state index in [0.717, 1.165) is 26.8 Å². The number of rotatable bonds is 5. The number of aryl methyl sites for hydroxylation is 1. The molecule has 1 atom stereocenters. The third-order valence-electron chi connectivity index (χ3n) is 5.07. The number of hydrogen-bond donors (Lipinski definition) is 0. The molecule has 5 nitrogen and oxygen atoms in total. The fourth-order valence-electron chi connectivity index (χ4n) is 3.78. The molecule has 0 radical (unpaired) electrons. The molecule has 1 aromatic carbocycles. The lowest BCUT2D eigenvalue weighted by Gasteiger charge is -2.24. The predicted molar refractivity (Wildman–Crippen MR) is 118 cm³/mol. The Kier molecular flexibility index (Phi) is 5.36. The number of hydrogen-bond acceptors (Lipinski definition) is 5. The van der Waals surface area contributed by atoms with Crippen LogP contribution in [0.2, 0.25) is 0 Å². The molecule has 0 aliphatic carbocycles. The quantitative estimate of drug-likeness (QED) is 0.550. The van der Waals surface area contributed by atoms with Crippen molar-refractivity contribution >= 4 is 22.9 Å². The van der Waals surface area contributed by atoms with Gasteiger partial charge in [0.25, 0.3) is 0 Å². The number of benzene rings is 1. The lowest BCUT2D eigenvalue weighted by atomic mass is 9.97. The van der Waals surface area contributed by atoms with Gasteiger partial charge in [-0.2, -0.15) is 0 Å². The van der Waals surface area contributed by atoms with Gasteiger partial charge in [0, 0.05) is 18.8 Å². The molecule has 1 unspecified atom stereocenters. The smallest absolute Gasteiger partial charge is 0.179 e. The monoisotopic (exact) mass is 422 g/mol. The summed E-state index contributed by atoms with van der Waals surface area (Å²) in [6.07, 6.45) is 5.00. The van der Waals surface area contributed by atoms with Crippen LogP contribution in [0.25, 0.3) is 10.4 Å². The lowest BCUT2D eigenvalue weighted by molar-refractivity contribution is -0.121. The highest BCUT2D eigenvalue weighted by molar-refractivity contribution is 7.15. The van der Waals surface area contributed by atoms with Gasteiger partial charge in [0.1, 0.15) is 16.4 Å². The minimum Gasteiger partial charge on any atom is -0.488 e. The summed E-state index contributed by atoms with van der Waals surface area (Å²) >= 11 is 1.54. The fourth-order valence-corrected chi connectivity index (χ4v) is 4.72. The summed E-state index contributed by atoms with van der Waals surface area (Å²) in [7, 11) is 0. The highest BCUT2D eigenvalue weighted by Gasteiger charge is 2.30. The van der Waals surface area contributed by atoms with Crippen molar-refractivity contribution in [2.24, 2.45) is 0 Å². The van der Waals surface area contributed by atoms with E-state index < -0.39 is 0 Å². The summed E-state index contributed by atoms with van der Waals surface area (Å²) < 4.78 is 7.73.